The van der Waals surface area contributed by atoms with Gasteiger partial charge in [-0.1, -0.05) is 24.3 Å². The lowest BCUT2D eigenvalue weighted by atomic mass is 10.2. The van der Waals surface area contributed by atoms with Crippen LogP contribution in [0, 0.1) is 0 Å². The Balaban J connectivity index is 1.51. The maximum atomic E-state index is 12.4. The molecule has 1 atom stereocenters. The van der Waals surface area contributed by atoms with Crippen molar-refractivity contribution >= 4 is 23.0 Å². The van der Waals surface area contributed by atoms with Crippen LogP contribution in [0.3, 0.4) is 0 Å². The van der Waals surface area contributed by atoms with Crippen LogP contribution in [0.2, 0.25) is 0 Å². The summed E-state index contributed by atoms with van der Waals surface area (Å²) in [5, 5.41) is 9.50. The van der Waals surface area contributed by atoms with Crippen LogP contribution in [-0.4, -0.2) is 26.2 Å². The highest BCUT2D eigenvalue weighted by Gasteiger charge is 2.12. The molecule has 0 aliphatic heterocycles. The summed E-state index contributed by atoms with van der Waals surface area (Å²) in [4.78, 5) is 12.4. The average molecular weight is 405 g/mol. The Morgan fingerprint density at radius 3 is 2.20 bits per heavy atom. The summed E-state index contributed by atoms with van der Waals surface area (Å²) < 4.78 is 10.5. The monoisotopic (exact) mass is 405 g/mol. The van der Waals surface area contributed by atoms with Gasteiger partial charge in [-0.05, 0) is 61.0 Å². The second kappa shape index (κ2) is 10.2. The van der Waals surface area contributed by atoms with Gasteiger partial charge in [-0.15, -0.1) is 0 Å². The number of carbonyl (C=O) groups excluding carboxylic acids is 1. The van der Waals surface area contributed by atoms with Gasteiger partial charge in [0.25, 0.3) is 0 Å². The van der Waals surface area contributed by atoms with E-state index in [2.05, 4.69) is 16.0 Å². The fraction of sp³-hybridized carbons (Fsp3) is 0.208. The number of para-hydroxylation sites is 2. The molecule has 0 aliphatic rings. The predicted octanol–water partition coefficient (Wildman–Crippen LogP) is 4.56. The number of ether oxygens (including phenoxy) is 2. The number of nitrogens with one attached hydrogen (secondary N) is 3. The van der Waals surface area contributed by atoms with Crippen molar-refractivity contribution in [3.63, 3.8) is 0 Å². The van der Waals surface area contributed by atoms with E-state index in [1.54, 1.807) is 14.2 Å². The van der Waals surface area contributed by atoms with Crippen molar-refractivity contribution in [1.29, 1.82) is 0 Å². The number of hydrogen-bond acceptors (Lipinski definition) is 5. The van der Waals surface area contributed by atoms with Crippen molar-refractivity contribution in [2.45, 2.75) is 19.5 Å². The molecule has 3 aromatic rings. The second-order valence-electron chi connectivity index (χ2n) is 6.83. The highest BCUT2D eigenvalue weighted by atomic mass is 16.5. The quantitative estimate of drug-likeness (QED) is 0.487. The molecule has 0 saturated carbocycles. The van der Waals surface area contributed by atoms with Gasteiger partial charge >= 0.3 is 0 Å². The van der Waals surface area contributed by atoms with Crippen LogP contribution in [0.1, 0.15) is 12.5 Å². The van der Waals surface area contributed by atoms with Crippen LogP contribution in [0.5, 0.6) is 11.5 Å². The van der Waals surface area contributed by atoms with E-state index in [1.165, 1.54) is 0 Å². The molecule has 0 bridgehead atoms. The summed E-state index contributed by atoms with van der Waals surface area (Å²) in [6.45, 7) is 2.31. The fourth-order valence-corrected chi connectivity index (χ4v) is 2.95. The number of anilines is 3. The maximum Gasteiger partial charge on any atom is 0.242 e. The zero-order valence-electron chi connectivity index (χ0n) is 17.4. The molecule has 0 heterocycles. The summed E-state index contributed by atoms with van der Waals surface area (Å²) in [6.07, 6.45) is 0. The Labute approximate surface area is 177 Å². The van der Waals surface area contributed by atoms with Crippen LogP contribution in [0.15, 0.2) is 72.8 Å². The van der Waals surface area contributed by atoms with Crippen molar-refractivity contribution < 1.29 is 14.3 Å². The summed E-state index contributed by atoms with van der Waals surface area (Å²) in [7, 11) is 3.28. The second-order valence-corrected chi connectivity index (χ2v) is 6.83. The molecule has 3 N–H and O–H groups in total. The molecular formula is C24H27N3O3. The van der Waals surface area contributed by atoms with Gasteiger partial charge in [0.15, 0.2) is 0 Å². The smallest absolute Gasteiger partial charge is 0.242 e. The van der Waals surface area contributed by atoms with E-state index >= 15 is 0 Å². The minimum atomic E-state index is -0.365. The lowest BCUT2D eigenvalue weighted by Gasteiger charge is -2.16. The van der Waals surface area contributed by atoms with Crippen molar-refractivity contribution in [1.82, 2.24) is 5.32 Å². The lowest BCUT2D eigenvalue weighted by Crippen LogP contribution is -2.37. The molecule has 3 aromatic carbocycles. The van der Waals surface area contributed by atoms with E-state index in [0.29, 0.717) is 6.54 Å². The molecule has 1 amide bonds. The summed E-state index contributed by atoms with van der Waals surface area (Å²) >= 11 is 0. The first-order valence-electron chi connectivity index (χ1n) is 9.76. The first-order valence-corrected chi connectivity index (χ1v) is 9.76. The first-order chi connectivity index (χ1) is 14.6. The van der Waals surface area contributed by atoms with Gasteiger partial charge in [-0.3, -0.25) is 4.79 Å². The van der Waals surface area contributed by atoms with E-state index in [-0.39, 0.29) is 11.9 Å². The van der Waals surface area contributed by atoms with Crippen LogP contribution in [0.4, 0.5) is 17.1 Å². The van der Waals surface area contributed by atoms with E-state index in [0.717, 1.165) is 34.1 Å². The molecule has 0 radical (unpaired) electrons. The molecule has 0 aliphatic carbocycles. The van der Waals surface area contributed by atoms with E-state index in [1.807, 2.05) is 79.7 Å². The normalized spacial score (nSPS) is 11.3. The van der Waals surface area contributed by atoms with Gasteiger partial charge in [-0.25, -0.2) is 0 Å². The highest BCUT2D eigenvalue weighted by Crippen LogP contribution is 2.27. The molecule has 6 nitrogen and oxygen atoms in total. The van der Waals surface area contributed by atoms with E-state index in [4.69, 9.17) is 9.47 Å². The van der Waals surface area contributed by atoms with Gasteiger partial charge in [-0.2, -0.15) is 0 Å². The largest absolute Gasteiger partial charge is 0.497 e. The SMILES string of the molecule is COc1ccc(CNC(=O)C(C)Nc2ccc(Nc3ccccc3OC)cc2)cc1. The maximum absolute atomic E-state index is 12.4. The Kier molecular flexibility index (Phi) is 7.16. The molecule has 6 heteroatoms. The van der Waals surface area contributed by atoms with Crippen LogP contribution in [-0.2, 0) is 11.3 Å². The predicted molar refractivity (Wildman–Crippen MR) is 121 cm³/mol. The van der Waals surface area contributed by atoms with Crippen molar-refractivity contribution in [3.8, 4) is 11.5 Å². The van der Waals surface area contributed by atoms with Gasteiger partial charge < -0.3 is 25.4 Å². The third kappa shape index (κ3) is 5.67. The Hall–Kier alpha value is -3.67. The van der Waals surface area contributed by atoms with Gasteiger partial charge in [0.1, 0.15) is 17.5 Å². The van der Waals surface area contributed by atoms with E-state index in [9.17, 15) is 4.79 Å². The van der Waals surface area contributed by atoms with Gasteiger partial charge in [0, 0.05) is 17.9 Å². The molecule has 0 spiro atoms. The molecule has 3 rings (SSSR count). The molecular weight excluding hydrogens is 378 g/mol. The Bertz CT molecular complexity index is 956. The van der Waals surface area contributed by atoms with Crippen molar-refractivity contribution in [2.24, 2.45) is 0 Å². The number of benzene rings is 3. The molecule has 0 aromatic heterocycles. The number of hydrogen-bond donors (Lipinski definition) is 3. The Morgan fingerprint density at radius 2 is 1.53 bits per heavy atom. The first kappa shape index (κ1) is 21.0. The Morgan fingerprint density at radius 1 is 0.867 bits per heavy atom. The van der Waals surface area contributed by atoms with E-state index < -0.39 is 0 Å². The topological polar surface area (TPSA) is 71.6 Å². The van der Waals surface area contributed by atoms with Gasteiger partial charge in [0.05, 0.1) is 19.9 Å². The molecule has 0 saturated heterocycles. The minimum Gasteiger partial charge on any atom is -0.497 e. The average Bonchev–Trinajstić information content (AvgIpc) is 2.79. The lowest BCUT2D eigenvalue weighted by molar-refractivity contribution is -0.121. The third-order valence-corrected chi connectivity index (χ3v) is 4.67. The number of rotatable bonds is 9. The fourth-order valence-electron chi connectivity index (χ4n) is 2.95. The standard InChI is InChI=1S/C24H27N3O3/c1-17(24(28)25-16-18-8-14-21(29-2)15-9-18)26-19-10-12-20(13-11-19)27-22-6-4-5-7-23(22)30-3/h4-15,17,26-27H,16H2,1-3H3,(H,25,28). The summed E-state index contributed by atoms with van der Waals surface area (Å²) in [6, 6.07) is 22.8. The van der Waals surface area contributed by atoms with Crippen LogP contribution in [0.25, 0.3) is 0 Å². The van der Waals surface area contributed by atoms with Gasteiger partial charge in [0.2, 0.25) is 5.91 Å². The molecule has 1 unspecified atom stereocenters. The minimum absolute atomic E-state index is 0.0676. The van der Waals surface area contributed by atoms with Crippen molar-refractivity contribution in [3.05, 3.63) is 78.4 Å². The highest BCUT2D eigenvalue weighted by molar-refractivity contribution is 5.84. The number of carbonyl (C=O) groups is 1. The summed E-state index contributed by atoms with van der Waals surface area (Å²) in [5.74, 6) is 1.51. The number of amides is 1. The molecule has 0 fully saturated rings. The summed E-state index contributed by atoms with van der Waals surface area (Å²) in [5.41, 5.74) is 3.71. The zero-order valence-corrected chi connectivity index (χ0v) is 17.4. The molecule has 156 valence electrons. The molecule has 30 heavy (non-hydrogen) atoms. The number of methoxy groups -OCH3 is 2. The third-order valence-electron chi connectivity index (χ3n) is 4.67. The van der Waals surface area contributed by atoms with Crippen molar-refractivity contribution in [2.75, 3.05) is 24.9 Å². The van der Waals surface area contributed by atoms with Crippen LogP contribution < -0.4 is 25.4 Å². The zero-order chi connectivity index (χ0) is 21.3. The van der Waals surface area contributed by atoms with Crippen LogP contribution >= 0.6 is 0 Å².